The number of rotatable bonds is 4. The lowest BCUT2D eigenvalue weighted by Gasteiger charge is -2.60. The van der Waals surface area contributed by atoms with E-state index in [2.05, 4.69) is 25.2 Å². The van der Waals surface area contributed by atoms with E-state index in [1.807, 2.05) is 11.9 Å². The summed E-state index contributed by atoms with van der Waals surface area (Å²) in [6.07, 6.45) is 11.3. The maximum Gasteiger partial charge on any atom is 0.274 e. The molecule has 35 heavy (non-hydrogen) atoms. The van der Waals surface area contributed by atoms with Crippen LogP contribution >= 0.6 is 0 Å². The highest BCUT2D eigenvalue weighted by Crippen LogP contribution is 2.65. The summed E-state index contributed by atoms with van der Waals surface area (Å²) in [5, 5.41) is 11.8. The van der Waals surface area contributed by atoms with Crippen molar-refractivity contribution >= 4 is 23.4 Å². The summed E-state index contributed by atoms with van der Waals surface area (Å²) < 4.78 is 0. The van der Waals surface area contributed by atoms with Crippen LogP contribution in [0, 0.1) is 34.5 Å². The molecule has 0 unspecified atom stereocenters. The highest BCUT2D eigenvalue weighted by Gasteiger charge is 2.60. The fourth-order valence-corrected chi connectivity index (χ4v) is 8.39. The minimum Gasteiger partial charge on any atom is -0.338 e. The van der Waals surface area contributed by atoms with E-state index in [4.69, 9.17) is 5.21 Å². The summed E-state index contributed by atoms with van der Waals surface area (Å²) in [4.78, 5) is 38.7. The molecular weight excluding hydrogens is 442 g/mol. The first-order valence-electron chi connectivity index (χ1n) is 13.0. The molecule has 4 aliphatic rings. The second kappa shape index (κ2) is 8.77. The molecule has 1 aromatic rings. The molecule has 0 spiro atoms. The summed E-state index contributed by atoms with van der Waals surface area (Å²) in [5.74, 6) is 1.81. The number of nitrogens with zero attached hydrogens (tertiary/aromatic N) is 1. The van der Waals surface area contributed by atoms with Crippen LogP contribution in [-0.4, -0.2) is 40.9 Å². The monoisotopic (exact) mass is 479 g/mol. The fourth-order valence-electron chi connectivity index (χ4n) is 8.39. The number of carbonyl (C=O) groups is 3. The molecule has 3 aliphatic carbocycles. The Labute approximate surface area is 207 Å². The van der Waals surface area contributed by atoms with Gasteiger partial charge in [-0.3, -0.25) is 19.6 Å². The zero-order chi connectivity index (χ0) is 25.0. The molecule has 188 valence electrons. The molecule has 0 bridgehead atoms. The van der Waals surface area contributed by atoms with Crippen molar-refractivity contribution in [1.29, 1.82) is 0 Å². The highest BCUT2D eigenvalue weighted by molar-refractivity contribution is 5.95. The second-order valence-electron chi connectivity index (χ2n) is 11.7. The number of anilines is 1. The van der Waals surface area contributed by atoms with Crippen LogP contribution in [0.1, 0.15) is 69.2 Å². The lowest BCUT2D eigenvalue weighted by Crippen LogP contribution is -2.59. The van der Waals surface area contributed by atoms with Crippen molar-refractivity contribution < 1.29 is 19.6 Å². The minimum atomic E-state index is -0.576. The van der Waals surface area contributed by atoms with Crippen LogP contribution < -0.4 is 10.8 Å². The van der Waals surface area contributed by atoms with Crippen LogP contribution in [0.2, 0.25) is 0 Å². The predicted molar refractivity (Wildman–Crippen MR) is 133 cm³/mol. The minimum absolute atomic E-state index is 0.0179. The van der Waals surface area contributed by atoms with E-state index in [9.17, 15) is 14.4 Å². The van der Waals surface area contributed by atoms with Crippen LogP contribution in [0.3, 0.4) is 0 Å². The molecule has 0 saturated heterocycles. The number of hydrogen-bond donors (Lipinski definition) is 3. The number of likely N-dealkylation sites (N-methyl/N-ethyl adjacent to an activating group) is 1. The summed E-state index contributed by atoms with van der Waals surface area (Å²) >= 11 is 0. The maximum absolute atomic E-state index is 13.0. The van der Waals surface area contributed by atoms with Crippen LogP contribution in [0.5, 0.6) is 0 Å². The Morgan fingerprint density at radius 3 is 2.51 bits per heavy atom. The zero-order valence-electron chi connectivity index (χ0n) is 20.9. The van der Waals surface area contributed by atoms with Gasteiger partial charge in [0.05, 0.1) is 0 Å². The van der Waals surface area contributed by atoms with Gasteiger partial charge in [0.15, 0.2) is 0 Å². The first-order valence-corrected chi connectivity index (χ1v) is 13.0. The summed E-state index contributed by atoms with van der Waals surface area (Å²) in [7, 11) is 1.96. The molecule has 1 heterocycles. The van der Waals surface area contributed by atoms with E-state index in [1.54, 1.807) is 35.8 Å². The van der Waals surface area contributed by atoms with Crippen LogP contribution in [-0.2, 0) is 9.59 Å². The quantitative estimate of drug-likeness (QED) is 0.441. The predicted octanol–water partition coefficient (Wildman–Crippen LogP) is 4.39. The maximum atomic E-state index is 13.0. The van der Waals surface area contributed by atoms with Gasteiger partial charge in [-0.25, -0.2) is 5.48 Å². The molecule has 7 heteroatoms. The third kappa shape index (κ3) is 3.88. The molecule has 3 saturated carbocycles. The van der Waals surface area contributed by atoms with E-state index in [1.165, 1.54) is 12.8 Å². The molecule has 3 N–H and O–H groups in total. The third-order valence-corrected chi connectivity index (χ3v) is 10.3. The third-order valence-electron chi connectivity index (χ3n) is 10.3. The summed E-state index contributed by atoms with van der Waals surface area (Å²) in [6, 6.07) is 6.83. The number of amides is 3. The number of hydrogen-bond acceptors (Lipinski definition) is 4. The Morgan fingerprint density at radius 2 is 1.80 bits per heavy atom. The Hall–Kier alpha value is -2.67. The van der Waals surface area contributed by atoms with E-state index >= 15 is 0 Å². The van der Waals surface area contributed by atoms with Gasteiger partial charge in [-0.2, -0.15) is 0 Å². The van der Waals surface area contributed by atoms with Gasteiger partial charge in [0, 0.05) is 36.2 Å². The van der Waals surface area contributed by atoms with Crippen molar-refractivity contribution in [2.24, 2.45) is 34.5 Å². The largest absolute Gasteiger partial charge is 0.338 e. The van der Waals surface area contributed by atoms with Gasteiger partial charge in [-0.05, 0) is 98.0 Å². The molecule has 3 amide bonds. The molecule has 0 aromatic heterocycles. The lowest BCUT2D eigenvalue weighted by molar-refractivity contribution is -0.139. The van der Waals surface area contributed by atoms with E-state index < -0.39 is 5.91 Å². The lowest BCUT2D eigenvalue weighted by atomic mass is 9.47. The number of nitrogens with one attached hydrogen (secondary N) is 2. The van der Waals surface area contributed by atoms with Crippen molar-refractivity contribution in [2.45, 2.75) is 64.8 Å². The Balaban J connectivity index is 1.26. The molecule has 5 rings (SSSR count). The van der Waals surface area contributed by atoms with E-state index in [0.717, 1.165) is 25.7 Å². The van der Waals surface area contributed by atoms with Gasteiger partial charge in [0.2, 0.25) is 11.8 Å². The smallest absolute Gasteiger partial charge is 0.274 e. The topological polar surface area (TPSA) is 98.7 Å². The Kier molecular flexibility index (Phi) is 6.02. The Bertz CT molecular complexity index is 1050. The number of carbonyl (C=O) groups excluding carboxylic acids is 3. The molecular formula is C28H37N3O4. The van der Waals surface area contributed by atoms with Crippen molar-refractivity contribution in [3.8, 4) is 0 Å². The van der Waals surface area contributed by atoms with Crippen LogP contribution in [0.4, 0.5) is 5.69 Å². The second-order valence-corrected chi connectivity index (χ2v) is 11.7. The normalized spacial score (nSPS) is 37.8. The van der Waals surface area contributed by atoms with Crippen molar-refractivity contribution in [1.82, 2.24) is 10.4 Å². The highest BCUT2D eigenvalue weighted by atomic mass is 16.5. The first-order chi connectivity index (χ1) is 16.7. The average molecular weight is 480 g/mol. The van der Waals surface area contributed by atoms with Gasteiger partial charge in [-0.15, -0.1) is 0 Å². The Morgan fingerprint density at radius 1 is 1.06 bits per heavy atom. The summed E-state index contributed by atoms with van der Waals surface area (Å²) in [5.41, 5.74) is 2.82. The van der Waals surface area contributed by atoms with Crippen LogP contribution in [0.15, 0.2) is 36.4 Å². The molecule has 0 radical (unpaired) electrons. The van der Waals surface area contributed by atoms with Crippen molar-refractivity contribution in [2.75, 3.05) is 12.4 Å². The molecule has 3 fully saturated rings. The van der Waals surface area contributed by atoms with Gasteiger partial charge in [0.25, 0.3) is 5.91 Å². The number of hydroxylamine groups is 1. The van der Waals surface area contributed by atoms with Crippen LogP contribution in [0.25, 0.3) is 0 Å². The number of fused-ring (bicyclic) bond motifs is 5. The van der Waals surface area contributed by atoms with Crippen molar-refractivity contribution in [3.63, 3.8) is 0 Å². The van der Waals surface area contributed by atoms with Gasteiger partial charge < -0.3 is 10.2 Å². The molecule has 7 nitrogen and oxygen atoms in total. The zero-order valence-corrected chi connectivity index (χ0v) is 20.9. The SMILES string of the molecule is CN1C(=O)C=C[C@]2(C)[C@H]3CC[C@]4(C)[C@@H](CC(=O)Nc5ccc(C(=O)NO)cc5)CC[C@H]4[C@@H]3CC[C@@H]12. The van der Waals surface area contributed by atoms with Gasteiger partial charge in [-0.1, -0.05) is 19.9 Å². The van der Waals surface area contributed by atoms with Crippen molar-refractivity contribution in [3.05, 3.63) is 42.0 Å². The first kappa shape index (κ1) is 24.0. The average Bonchev–Trinajstić information content (AvgIpc) is 3.17. The molecule has 7 atom stereocenters. The van der Waals surface area contributed by atoms with Gasteiger partial charge >= 0.3 is 0 Å². The van der Waals surface area contributed by atoms with E-state index in [-0.39, 0.29) is 22.6 Å². The van der Waals surface area contributed by atoms with E-state index in [0.29, 0.717) is 47.4 Å². The summed E-state index contributed by atoms with van der Waals surface area (Å²) in [6.45, 7) is 4.79. The van der Waals surface area contributed by atoms with Gasteiger partial charge in [0.1, 0.15) is 0 Å². The fraction of sp³-hybridized carbons (Fsp3) is 0.607. The number of benzene rings is 1. The molecule has 1 aromatic carbocycles. The molecule has 1 aliphatic heterocycles. The standard InChI is InChI=1S/C28H37N3O4/c1-27-14-12-22-20(9-11-23-28(22,2)15-13-25(33)31(23)3)21(27)10-6-18(27)16-24(32)29-19-7-4-17(5-8-19)26(34)30-35/h4-5,7-8,13,15,18,20-23,35H,6,9-12,14,16H2,1-3H3,(H,29,32)(H,30,34)/t18-,20+,21+,22+,23-,27-,28-/m1/s1.